The molecule has 0 bridgehead atoms. The predicted octanol–water partition coefficient (Wildman–Crippen LogP) is 4.09. The van der Waals surface area contributed by atoms with Crippen LogP contribution in [-0.4, -0.2) is 14.8 Å². The number of rotatable bonds is 4. The van der Waals surface area contributed by atoms with Gasteiger partial charge in [0.25, 0.3) is 0 Å². The highest BCUT2D eigenvalue weighted by Gasteiger charge is 2.11. The Labute approximate surface area is 129 Å². The lowest BCUT2D eigenvalue weighted by Gasteiger charge is -2.06. The first-order chi connectivity index (χ1) is 10.3. The Morgan fingerprint density at radius 2 is 1.90 bits per heavy atom. The van der Waals surface area contributed by atoms with E-state index in [1.165, 1.54) is 6.07 Å². The number of aromatic nitrogens is 3. The third kappa shape index (κ3) is 2.95. The molecule has 0 fully saturated rings. The van der Waals surface area contributed by atoms with Crippen molar-refractivity contribution in [3.05, 3.63) is 66.2 Å². The summed E-state index contributed by atoms with van der Waals surface area (Å²) in [6.45, 7) is 0. The molecule has 0 N–H and O–H groups in total. The highest BCUT2D eigenvalue weighted by Crippen LogP contribution is 2.27. The smallest absolute Gasteiger partial charge is 0.341 e. The first-order valence-corrected chi connectivity index (χ1v) is 7.38. The lowest BCUT2D eigenvalue weighted by atomic mass is 10.2. The van der Waals surface area contributed by atoms with Crippen LogP contribution in [0.1, 0.15) is 5.56 Å². The molecule has 0 atom stereocenters. The van der Waals surface area contributed by atoms with E-state index in [1.54, 1.807) is 23.1 Å². The van der Waals surface area contributed by atoms with Crippen molar-refractivity contribution in [1.29, 1.82) is 0 Å². The molecule has 0 unspecified atom stereocenters. The van der Waals surface area contributed by atoms with Crippen molar-refractivity contribution in [2.24, 2.45) is 0 Å². The van der Waals surface area contributed by atoms with Crippen molar-refractivity contribution in [2.45, 2.75) is 5.33 Å². The van der Waals surface area contributed by atoms with E-state index in [4.69, 9.17) is 4.74 Å². The van der Waals surface area contributed by atoms with E-state index in [2.05, 4.69) is 26.0 Å². The van der Waals surface area contributed by atoms with Crippen LogP contribution < -0.4 is 4.74 Å². The van der Waals surface area contributed by atoms with Crippen molar-refractivity contribution in [3.8, 4) is 17.4 Å². The van der Waals surface area contributed by atoms with E-state index >= 15 is 0 Å². The fourth-order valence-corrected chi connectivity index (χ4v) is 2.41. The standard InChI is InChI=1S/C15H11BrFN3O/c16-9-12-13(17)7-4-8-14(12)21-15-18-10-20(19-15)11-5-2-1-3-6-11/h1-8,10H,9H2. The molecule has 0 saturated carbocycles. The van der Waals surface area contributed by atoms with Crippen molar-refractivity contribution < 1.29 is 9.13 Å². The van der Waals surface area contributed by atoms with Crippen LogP contribution in [0.4, 0.5) is 4.39 Å². The molecule has 0 radical (unpaired) electrons. The number of alkyl halides is 1. The molecule has 0 amide bonds. The zero-order chi connectivity index (χ0) is 14.7. The van der Waals surface area contributed by atoms with Crippen LogP contribution in [0, 0.1) is 5.82 Å². The van der Waals surface area contributed by atoms with E-state index in [-0.39, 0.29) is 11.8 Å². The van der Waals surface area contributed by atoms with Gasteiger partial charge in [0, 0.05) is 10.9 Å². The Balaban J connectivity index is 1.87. The van der Waals surface area contributed by atoms with Crippen LogP contribution in [0.25, 0.3) is 5.69 Å². The monoisotopic (exact) mass is 347 g/mol. The topological polar surface area (TPSA) is 39.9 Å². The van der Waals surface area contributed by atoms with Crippen LogP contribution >= 0.6 is 15.9 Å². The lowest BCUT2D eigenvalue weighted by molar-refractivity contribution is 0.433. The lowest BCUT2D eigenvalue weighted by Crippen LogP contribution is -1.96. The minimum atomic E-state index is -0.327. The molecule has 0 aliphatic carbocycles. The maximum absolute atomic E-state index is 13.7. The van der Waals surface area contributed by atoms with Crippen molar-refractivity contribution in [2.75, 3.05) is 0 Å². The molecular formula is C15H11BrFN3O. The van der Waals surface area contributed by atoms with Gasteiger partial charge in [0.1, 0.15) is 17.9 Å². The Kier molecular flexibility index (Phi) is 3.96. The summed E-state index contributed by atoms with van der Waals surface area (Å²) in [5.74, 6) is 0.0737. The number of hydrogen-bond donors (Lipinski definition) is 0. The summed E-state index contributed by atoms with van der Waals surface area (Å²) in [7, 11) is 0. The third-order valence-electron chi connectivity index (χ3n) is 2.90. The minimum Gasteiger partial charge on any atom is -0.423 e. The summed E-state index contributed by atoms with van der Waals surface area (Å²) in [5, 5.41) is 4.58. The molecule has 2 aromatic carbocycles. The van der Waals surface area contributed by atoms with E-state index in [0.717, 1.165) is 5.69 Å². The van der Waals surface area contributed by atoms with Crippen LogP contribution in [0.5, 0.6) is 11.8 Å². The zero-order valence-corrected chi connectivity index (χ0v) is 12.5. The van der Waals surface area contributed by atoms with Gasteiger partial charge in [-0.2, -0.15) is 4.98 Å². The highest BCUT2D eigenvalue weighted by molar-refractivity contribution is 9.08. The minimum absolute atomic E-state index is 0.173. The molecule has 3 aromatic rings. The molecule has 1 heterocycles. The van der Waals surface area contributed by atoms with Gasteiger partial charge in [-0.05, 0) is 24.3 Å². The number of halogens is 2. The van der Waals surface area contributed by atoms with Gasteiger partial charge in [0.2, 0.25) is 0 Å². The Hall–Kier alpha value is -2.21. The number of benzene rings is 2. The fourth-order valence-electron chi connectivity index (χ4n) is 1.86. The van der Waals surface area contributed by atoms with E-state index in [1.807, 2.05) is 30.3 Å². The molecule has 1 aromatic heterocycles. The SMILES string of the molecule is Fc1cccc(Oc2ncn(-c3ccccc3)n2)c1CBr. The van der Waals surface area contributed by atoms with Crippen LogP contribution in [0.2, 0.25) is 0 Å². The molecule has 0 aliphatic rings. The zero-order valence-electron chi connectivity index (χ0n) is 10.9. The van der Waals surface area contributed by atoms with Crippen molar-refractivity contribution in [3.63, 3.8) is 0 Å². The molecule has 0 saturated heterocycles. The summed E-state index contributed by atoms with van der Waals surface area (Å²) >= 11 is 3.25. The van der Waals surface area contributed by atoms with Gasteiger partial charge in [0.05, 0.1) is 5.69 Å². The predicted molar refractivity (Wildman–Crippen MR) is 80.5 cm³/mol. The normalized spacial score (nSPS) is 10.6. The van der Waals surface area contributed by atoms with Gasteiger partial charge in [-0.1, -0.05) is 40.2 Å². The van der Waals surface area contributed by atoms with Crippen molar-refractivity contribution >= 4 is 15.9 Å². The van der Waals surface area contributed by atoms with Crippen molar-refractivity contribution in [1.82, 2.24) is 14.8 Å². The van der Waals surface area contributed by atoms with Crippen LogP contribution in [0.15, 0.2) is 54.9 Å². The summed E-state index contributed by atoms with van der Waals surface area (Å²) in [6.07, 6.45) is 1.55. The summed E-state index contributed by atoms with van der Waals surface area (Å²) < 4.78 is 20.8. The fraction of sp³-hybridized carbons (Fsp3) is 0.0667. The molecule has 3 rings (SSSR count). The summed E-state index contributed by atoms with van der Waals surface area (Å²) in [4.78, 5) is 4.08. The van der Waals surface area contributed by atoms with E-state index < -0.39 is 0 Å². The molecule has 21 heavy (non-hydrogen) atoms. The molecular weight excluding hydrogens is 337 g/mol. The van der Waals surface area contributed by atoms with E-state index in [0.29, 0.717) is 16.6 Å². The van der Waals surface area contributed by atoms with Gasteiger partial charge < -0.3 is 4.74 Å². The Morgan fingerprint density at radius 3 is 2.67 bits per heavy atom. The summed E-state index contributed by atoms with van der Waals surface area (Å²) in [6, 6.07) is 14.4. The highest BCUT2D eigenvalue weighted by atomic mass is 79.9. The molecule has 0 aliphatic heterocycles. The summed E-state index contributed by atoms with van der Waals surface area (Å²) in [5.41, 5.74) is 1.31. The first kappa shape index (κ1) is 13.8. The van der Waals surface area contributed by atoms with Gasteiger partial charge >= 0.3 is 6.01 Å². The third-order valence-corrected chi connectivity index (χ3v) is 3.46. The molecule has 106 valence electrons. The molecule has 0 spiro atoms. The maximum Gasteiger partial charge on any atom is 0.341 e. The van der Waals surface area contributed by atoms with Gasteiger partial charge in [0.15, 0.2) is 0 Å². The number of ether oxygens (including phenoxy) is 1. The number of nitrogens with zero attached hydrogens (tertiary/aromatic N) is 3. The number of para-hydroxylation sites is 1. The second-order valence-corrected chi connectivity index (χ2v) is 4.82. The Morgan fingerprint density at radius 1 is 1.10 bits per heavy atom. The second-order valence-electron chi connectivity index (χ2n) is 4.26. The van der Waals surface area contributed by atoms with Gasteiger partial charge in [-0.25, -0.2) is 9.07 Å². The van der Waals surface area contributed by atoms with Crippen LogP contribution in [-0.2, 0) is 5.33 Å². The van der Waals surface area contributed by atoms with Gasteiger partial charge in [-0.15, -0.1) is 5.10 Å². The van der Waals surface area contributed by atoms with Crippen LogP contribution in [0.3, 0.4) is 0 Å². The molecule has 4 nitrogen and oxygen atoms in total. The quantitative estimate of drug-likeness (QED) is 0.667. The largest absolute Gasteiger partial charge is 0.423 e. The maximum atomic E-state index is 13.7. The second kappa shape index (κ2) is 6.05. The van der Waals surface area contributed by atoms with E-state index in [9.17, 15) is 4.39 Å². The van der Waals surface area contributed by atoms with Gasteiger partial charge in [-0.3, -0.25) is 0 Å². The Bertz CT molecular complexity index is 746. The first-order valence-electron chi connectivity index (χ1n) is 6.26. The number of hydrogen-bond acceptors (Lipinski definition) is 3. The average Bonchev–Trinajstić information content (AvgIpc) is 2.97. The molecule has 6 heteroatoms. The average molecular weight is 348 g/mol.